The topological polar surface area (TPSA) is 35.5 Å². The zero-order valence-corrected chi connectivity index (χ0v) is 7.01. The Balaban J connectivity index is 2.85. The van der Waals surface area contributed by atoms with Crippen molar-refractivity contribution >= 4 is 5.97 Å². The maximum atomic E-state index is 11.0. The minimum atomic E-state index is -0.336. The molecule has 1 rings (SSSR count). The third-order valence-corrected chi connectivity index (χ3v) is 1.85. The van der Waals surface area contributed by atoms with Gasteiger partial charge in [-0.2, -0.15) is 0 Å². The second-order valence-electron chi connectivity index (χ2n) is 2.52. The highest BCUT2D eigenvalue weighted by Crippen LogP contribution is 2.24. The van der Waals surface area contributed by atoms with Crippen molar-refractivity contribution in [3.63, 3.8) is 0 Å². The van der Waals surface area contributed by atoms with E-state index in [0.717, 1.165) is 12.0 Å². The van der Waals surface area contributed by atoms with Crippen LogP contribution in [0.1, 0.15) is 20.3 Å². The summed E-state index contributed by atoms with van der Waals surface area (Å²) in [4.78, 5) is 11.0. The molecule has 0 aromatic heterocycles. The van der Waals surface area contributed by atoms with Crippen LogP contribution in [0.2, 0.25) is 0 Å². The smallest absolute Gasteiger partial charge is 0.374 e. The Hall–Kier alpha value is -0.990. The third-order valence-electron chi connectivity index (χ3n) is 1.85. The van der Waals surface area contributed by atoms with Crippen molar-refractivity contribution in [2.24, 2.45) is 0 Å². The molecular weight excluding hydrogens is 144 g/mol. The number of carbonyl (C=O) groups excluding carboxylic acids is 1. The van der Waals surface area contributed by atoms with E-state index in [2.05, 4.69) is 0 Å². The lowest BCUT2D eigenvalue weighted by atomic mass is 10.1. The Morgan fingerprint density at radius 3 is 2.55 bits per heavy atom. The van der Waals surface area contributed by atoms with Crippen LogP contribution in [0.5, 0.6) is 0 Å². The van der Waals surface area contributed by atoms with Gasteiger partial charge in [-0.25, -0.2) is 4.79 Å². The van der Waals surface area contributed by atoms with E-state index in [0.29, 0.717) is 5.76 Å². The lowest BCUT2D eigenvalue weighted by molar-refractivity contribution is -0.142. The second-order valence-corrected chi connectivity index (χ2v) is 2.52. The number of hydrogen-bond donors (Lipinski definition) is 0. The zero-order chi connectivity index (χ0) is 8.43. The summed E-state index contributed by atoms with van der Waals surface area (Å²) in [5.74, 6) is 0.0358. The first-order valence-electron chi connectivity index (χ1n) is 3.66. The van der Waals surface area contributed by atoms with E-state index in [1.54, 1.807) is 0 Å². The average Bonchev–Trinajstić information content (AvgIpc) is 2.26. The van der Waals surface area contributed by atoms with Gasteiger partial charge in [0.05, 0.1) is 7.11 Å². The lowest BCUT2D eigenvalue weighted by Crippen LogP contribution is -2.08. The minimum Gasteiger partial charge on any atom is -0.490 e. The van der Waals surface area contributed by atoms with Crippen molar-refractivity contribution in [1.82, 2.24) is 0 Å². The van der Waals surface area contributed by atoms with Crippen LogP contribution in [-0.4, -0.2) is 19.2 Å². The molecule has 0 aromatic carbocycles. The molecule has 1 aliphatic rings. The normalized spacial score (nSPS) is 23.9. The van der Waals surface area contributed by atoms with Gasteiger partial charge in [0.2, 0.25) is 5.76 Å². The summed E-state index contributed by atoms with van der Waals surface area (Å²) in [6.07, 6.45) is 0.738. The summed E-state index contributed by atoms with van der Waals surface area (Å²) in [6.45, 7) is 3.83. The fourth-order valence-corrected chi connectivity index (χ4v) is 1.21. The van der Waals surface area contributed by atoms with Crippen molar-refractivity contribution in [1.29, 1.82) is 0 Å². The van der Waals surface area contributed by atoms with Crippen molar-refractivity contribution < 1.29 is 14.3 Å². The average molecular weight is 156 g/mol. The van der Waals surface area contributed by atoms with Crippen molar-refractivity contribution in [3.8, 4) is 0 Å². The largest absolute Gasteiger partial charge is 0.490 e. The molecular formula is C8H12O3. The number of methoxy groups -OCH3 is 1. The highest BCUT2D eigenvalue weighted by Gasteiger charge is 2.30. The minimum absolute atomic E-state index is 0.0718. The highest BCUT2D eigenvalue weighted by atomic mass is 16.6. The Kier molecular flexibility index (Phi) is 2.17. The molecule has 1 heterocycles. The van der Waals surface area contributed by atoms with Gasteiger partial charge in [-0.3, -0.25) is 0 Å². The van der Waals surface area contributed by atoms with Gasteiger partial charge in [0, 0.05) is 5.57 Å². The van der Waals surface area contributed by atoms with Crippen LogP contribution in [0.3, 0.4) is 0 Å². The van der Waals surface area contributed by atoms with E-state index < -0.39 is 0 Å². The molecule has 0 N–H and O–H groups in total. The first-order chi connectivity index (χ1) is 5.20. The number of esters is 1. The van der Waals surface area contributed by atoms with Crippen LogP contribution in [-0.2, 0) is 14.3 Å². The molecule has 0 aromatic rings. The van der Waals surface area contributed by atoms with Gasteiger partial charge >= 0.3 is 5.97 Å². The molecule has 62 valence electrons. The summed E-state index contributed by atoms with van der Waals surface area (Å²) < 4.78 is 9.86. The molecule has 0 aliphatic carbocycles. The van der Waals surface area contributed by atoms with Crippen LogP contribution in [0.25, 0.3) is 0 Å². The molecule has 0 saturated heterocycles. The Morgan fingerprint density at radius 1 is 1.64 bits per heavy atom. The Bertz CT molecular complexity index is 205. The molecule has 1 atom stereocenters. The van der Waals surface area contributed by atoms with Crippen molar-refractivity contribution in [2.75, 3.05) is 7.11 Å². The summed E-state index contributed by atoms with van der Waals surface area (Å²) in [5.41, 5.74) is 0.903. The quantitative estimate of drug-likeness (QED) is 0.564. The predicted molar refractivity (Wildman–Crippen MR) is 39.9 cm³/mol. The first-order valence-corrected chi connectivity index (χ1v) is 3.66. The summed E-state index contributed by atoms with van der Waals surface area (Å²) in [6, 6.07) is 0. The zero-order valence-electron chi connectivity index (χ0n) is 7.01. The van der Waals surface area contributed by atoms with E-state index >= 15 is 0 Å². The number of cyclic esters (lactones) is 1. The van der Waals surface area contributed by atoms with Gasteiger partial charge < -0.3 is 9.47 Å². The van der Waals surface area contributed by atoms with Crippen LogP contribution in [0, 0.1) is 0 Å². The molecule has 0 bridgehead atoms. The molecule has 0 radical (unpaired) electrons. The summed E-state index contributed by atoms with van der Waals surface area (Å²) in [7, 11) is 1.48. The highest BCUT2D eigenvalue weighted by molar-refractivity contribution is 5.89. The Morgan fingerprint density at radius 2 is 2.27 bits per heavy atom. The molecule has 3 nitrogen and oxygen atoms in total. The monoisotopic (exact) mass is 156 g/mol. The summed E-state index contributed by atoms with van der Waals surface area (Å²) >= 11 is 0. The lowest BCUT2D eigenvalue weighted by Gasteiger charge is -2.05. The van der Waals surface area contributed by atoms with Gasteiger partial charge in [0.15, 0.2) is 0 Å². The molecule has 0 amide bonds. The molecule has 3 heteroatoms. The Labute approximate surface area is 66.0 Å². The summed E-state index contributed by atoms with van der Waals surface area (Å²) in [5, 5.41) is 0. The van der Waals surface area contributed by atoms with Gasteiger partial charge in [-0.15, -0.1) is 0 Å². The predicted octanol–water partition coefficient (Wildman–Crippen LogP) is 1.24. The number of ether oxygens (including phenoxy) is 2. The van der Waals surface area contributed by atoms with Crippen LogP contribution < -0.4 is 0 Å². The van der Waals surface area contributed by atoms with Crippen LogP contribution in [0.4, 0.5) is 0 Å². The molecule has 0 saturated carbocycles. The number of rotatable bonds is 2. The molecule has 11 heavy (non-hydrogen) atoms. The molecule has 0 spiro atoms. The third kappa shape index (κ3) is 1.23. The maximum Gasteiger partial charge on any atom is 0.374 e. The van der Waals surface area contributed by atoms with Crippen molar-refractivity contribution in [2.45, 2.75) is 26.4 Å². The van der Waals surface area contributed by atoms with Crippen LogP contribution >= 0.6 is 0 Å². The number of hydrogen-bond acceptors (Lipinski definition) is 3. The SMILES string of the molecule is CC[C@H]1OC(=O)C(OC)=C1C. The second kappa shape index (κ2) is 2.95. The van der Waals surface area contributed by atoms with E-state index in [4.69, 9.17) is 9.47 Å². The van der Waals surface area contributed by atoms with Gasteiger partial charge in [-0.05, 0) is 13.3 Å². The van der Waals surface area contributed by atoms with E-state index in [1.807, 2.05) is 13.8 Å². The fourth-order valence-electron chi connectivity index (χ4n) is 1.21. The molecule has 0 fully saturated rings. The van der Waals surface area contributed by atoms with Gasteiger partial charge in [-0.1, -0.05) is 6.92 Å². The van der Waals surface area contributed by atoms with Gasteiger partial charge in [0.1, 0.15) is 6.10 Å². The van der Waals surface area contributed by atoms with Crippen molar-refractivity contribution in [3.05, 3.63) is 11.3 Å². The maximum absolute atomic E-state index is 11.0. The standard InChI is InChI=1S/C8H12O3/c1-4-6-5(2)7(10-3)8(9)11-6/h6H,4H2,1-3H3/t6-/m1/s1. The number of carbonyl (C=O) groups is 1. The van der Waals surface area contributed by atoms with E-state index in [1.165, 1.54) is 7.11 Å². The molecule has 0 unspecified atom stereocenters. The van der Waals surface area contributed by atoms with E-state index in [-0.39, 0.29) is 12.1 Å². The fraction of sp³-hybridized carbons (Fsp3) is 0.625. The molecule has 1 aliphatic heterocycles. The first kappa shape index (κ1) is 8.11. The van der Waals surface area contributed by atoms with Crippen LogP contribution in [0.15, 0.2) is 11.3 Å². The van der Waals surface area contributed by atoms with Gasteiger partial charge in [0.25, 0.3) is 0 Å². The van der Waals surface area contributed by atoms with E-state index in [9.17, 15) is 4.79 Å².